The summed E-state index contributed by atoms with van der Waals surface area (Å²) in [5.41, 5.74) is 0.536. The first-order valence-electron chi connectivity index (χ1n) is 12.2. The topological polar surface area (TPSA) is 181 Å². The van der Waals surface area contributed by atoms with Crippen molar-refractivity contribution in [2.45, 2.75) is 31.7 Å². The minimum absolute atomic E-state index is 0.114. The Kier molecular flexibility index (Phi) is 10.2. The summed E-state index contributed by atoms with van der Waals surface area (Å²) in [5.74, 6) is -3.28. The molecule has 2 aromatic rings. The minimum Gasteiger partial charge on any atom is -0.467 e. The minimum atomic E-state index is -1.49. The molecule has 0 fully saturated rings. The van der Waals surface area contributed by atoms with Crippen LogP contribution in [-0.2, 0) is 35.1 Å². The number of ether oxygens (including phenoxy) is 4. The van der Waals surface area contributed by atoms with Gasteiger partial charge in [0, 0.05) is 12.1 Å². The monoisotopic (exact) mass is 569 g/mol. The predicted molar refractivity (Wildman–Crippen MR) is 140 cm³/mol. The largest absolute Gasteiger partial charge is 0.467 e. The molecule has 0 saturated carbocycles. The van der Waals surface area contributed by atoms with Gasteiger partial charge in [-0.3, -0.25) is 24.6 Å². The summed E-state index contributed by atoms with van der Waals surface area (Å²) in [6, 6.07) is 8.40. The van der Waals surface area contributed by atoms with Gasteiger partial charge in [0.05, 0.1) is 35.9 Å². The van der Waals surface area contributed by atoms with Gasteiger partial charge in [-0.05, 0) is 36.8 Å². The van der Waals surface area contributed by atoms with Crippen molar-refractivity contribution >= 4 is 35.5 Å². The van der Waals surface area contributed by atoms with Crippen molar-refractivity contribution in [3.63, 3.8) is 0 Å². The second kappa shape index (κ2) is 13.8. The molecule has 0 unspecified atom stereocenters. The Labute approximate surface area is 233 Å². The molecule has 3 amide bonds. The Morgan fingerprint density at radius 2 is 1.63 bits per heavy atom. The van der Waals surface area contributed by atoms with Crippen molar-refractivity contribution in [3.05, 3.63) is 88.0 Å². The fraction of sp³-hybridized carbons (Fsp3) is 0.296. The third-order valence-electron chi connectivity index (χ3n) is 5.98. The quantitative estimate of drug-likeness (QED) is 0.0932. The Bertz CT molecular complexity index is 1310. The average Bonchev–Trinajstić information content (AvgIpc) is 3.22. The van der Waals surface area contributed by atoms with Crippen LogP contribution in [0.3, 0.4) is 0 Å². The number of esters is 2. The maximum atomic E-state index is 12.9. The number of methoxy groups -OCH3 is 1. The van der Waals surface area contributed by atoms with E-state index in [4.69, 9.17) is 18.9 Å². The molecule has 3 rings (SSSR count). The molecule has 1 aliphatic rings. The van der Waals surface area contributed by atoms with Crippen molar-refractivity contribution in [3.8, 4) is 0 Å². The number of carbonyl (C=O) groups is 5. The Morgan fingerprint density at radius 1 is 1.02 bits per heavy atom. The highest BCUT2D eigenvalue weighted by atomic mass is 16.6. The zero-order valence-corrected chi connectivity index (χ0v) is 22.1. The van der Waals surface area contributed by atoms with Gasteiger partial charge in [-0.2, -0.15) is 0 Å². The number of benzene rings is 2. The van der Waals surface area contributed by atoms with Crippen LogP contribution in [-0.4, -0.2) is 78.2 Å². The number of alkyl carbamates (subject to hydrolysis) is 1. The van der Waals surface area contributed by atoms with Crippen molar-refractivity contribution in [1.82, 2.24) is 10.2 Å². The van der Waals surface area contributed by atoms with Gasteiger partial charge in [-0.15, -0.1) is 0 Å². The number of rotatable bonds is 13. The molecule has 216 valence electrons. The Hall–Kier alpha value is -5.11. The fourth-order valence-corrected chi connectivity index (χ4v) is 3.84. The fourth-order valence-electron chi connectivity index (χ4n) is 3.84. The third-order valence-corrected chi connectivity index (χ3v) is 5.98. The van der Waals surface area contributed by atoms with E-state index in [0.717, 1.165) is 12.0 Å². The van der Waals surface area contributed by atoms with Crippen LogP contribution in [0.5, 0.6) is 0 Å². The lowest BCUT2D eigenvalue weighted by Gasteiger charge is -2.28. The highest BCUT2D eigenvalue weighted by Gasteiger charge is 2.44. The van der Waals surface area contributed by atoms with Crippen molar-refractivity contribution in [2.24, 2.45) is 0 Å². The van der Waals surface area contributed by atoms with E-state index in [0.29, 0.717) is 5.56 Å². The van der Waals surface area contributed by atoms with Gasteiger partial charge in [-0.25, -0.2) is 14.4 Å². The first-order valence-corrected chi connectivity index (χ1v) is 12.2. The molecule has 41 heavy (non-hydrogen) atoms. The molecule has 2 aromatic carbocycles. The lowest BCUT2D eigenvalue weighted by Crippen LogP contribution is -2.52. The number of amides is 3. The number of hydrogen-bond donors (Lipinski definition) is 1. The molecule has 0 bridgehead atoms. The number of fused-ring (bicyclic) bond motifs is 1. The van der Waals surface area contributed by atoms with E-state index in [1.165, 1.54) is 49.4 Å². The third kappa shape index (κ3) is 7.30. The molecule has 3 atom stereocenters. The first kappa shape index (κ1) is 30.4. The molecule has 1 aliphatic heterocycles. The lowest BCUT2D eigenvalue weighted by atomic mass is 10.1. The molecule has 0 radical (unpaired) electrons. The maximum absolute atomic E-state index is 12.9. The number of imide groups is 1. The van der Waals surface area contributed by atoms with E-state index in [-0.39, 0.29) is 30.0 Å². The van der Waals surface area contributed by atoms with Crippen LogP contribution in [0.25, 0.3) is 0 Å². The SMILES string of the molecule is C=CCOC(=O)[C@@H](NC(=O)OCc1ccc([N+](=O)[O-])cc1)[C@@H](C)OC[C@@H](C(=O)OC)N1C(=O)c2ccccc2C1=O. The molecule has 1 heterocycles. The normalized spacial score (nSPS) is 14.3. The van der Waals surface area contributed by atoms with Crippen LogP contribution in [0.15, 0.2) is 61.2 Å². The number of carbonyl (C=O) groups excluding carboxylic acids is 5. The van der Waals surface area contributed by atoms with Crippen LogP contribution in [0.4, 0.5) is 10.5 Å². The summed E-state index contributed by atoms with van der Waals surface area (Å²) in [6.07, 6.45) is -0.881. The summed E-state index contributed by atoms with van der Waals surface area (Å²) >= 11 is 0. The molecule has 0 aromatic heterocycles. The van der Waals surface area contributed by atoms with E-state index in [1.54, 1.807) is 12.1 Å². The number of nitro benzene ring substituents is 1. The maximum Gasteiger partial charge on any atom is 0.408 e. The van der Waals surface area contributed by atoms with Gasteiger partial charge in [0.25, 0.3) is 17.5 Å². The summed E-state index contributed by atoms with van der Waals surface area (Å²) in [6.45, 7) is 3.84. The lowest BCUT2D eigenvalue weighted by molar-refractivity contribution is -0.384. The van der Waals surface area contributed by atoms with Gasteiger partial charge in [0.2, 0.25) is 0 Å². The highest BCUT2D eigenvalue weighted by Crippen LogP contribution is 2.25. The smallest absolute Gasteiger partial charge is 0.408 e. The van der Waals surface area contributed by atoms with E-state index >= 15 is 0 Å². The number of hydrogen-bond acceptors (Lipinski definition) is 11. The molecule has 0 spiro atoms. The predicted octanol–water partition coefficient (Wildman–Crippen LogP) is 2.16. The van der Waals surface area contributed by atoms with Gasteiger partial charge in [0.15, 0.2) is 12.1 Å². The molecule has 14 heteroatoms. The van der Waals surface area contributed by atoms with Crippen molar-refractivity contribution in [2.75, 3.05) is 20.3 Å². The Balaban J connectivity index is 1.70. The van der Waals surface area contributed by atoms with E-state index < -0.39 is 59.6 Å². The zero-order chi connectivity index (χ0) is 30.1. The second-order valence-electron chi connectivity index (χ2n) is 8.64. The van der Waals surface area contributed by atoms with Crippen LogP contribution in [0.1, 0.15) is 33.2 Å². The van der Waals surface area contributed by atoms with Crippen molar-refractivity contribution < 1.29 is 47.8 Å². The summed E-state index contributed by atoms with van der Waals surface area (Å²) in [4.78, 5) is 74.6. The molecule has 0 saturated heterocycles. The van der Waals surface area contributed by atoms with E-state index in [2.05, 4.69) is 11.9 Å². The zero-order valence-electron chi connectivity index (χ0n) is 22.1. The molecular formula is C27H27N3O11. The van der Waals surface area contributed by atoms with Crippen molar-refractivity contribution in [1.29, 1.82) is 0 Å². The number of nitrogens with zero attached hydrogens (tertiary/aromatic N) is 2. The van der Waals surface area contributed by atoms with E-state index in [1.807, 2.05) is 0 Å². The highest BCUT2D eigenvalue weighted by molar-refractivity contribution is 6.22. The molecule has 14 nitrogen and oxygen atoms in total. The number of nitro groups is 1. The van der Waals surface area contributed by atoms with Crippen LogP contribution >= 0.6 is 0 Å². The number of non-ortho nitro benzene ring substituents is 1. The number of nitrogens with one attached hydrogen (secondary N) is 1. The van der Waals surface area contributed by atoms with Crippen LogP contribution in [0.2, 0.25) is 0 Å². The first-order chi connectivity index (χ1) is 19.6. The second-order valence-corrected chi connectivity index (χ2v) is 8.64. The van der Waals surface area contributed by atoms with Gasteiger partial charge in [-0.1, -0.05) is 24.8 Å². The summed E-state index contributed by atoms with van der Waals surface area (Å²) < 4.78 is 20.6. The Morgan fingerprint density at radius 3 is 2.17 bits per heavy atom. The van der Waals surface area contributed by atoms with Gasteiger partial charge >= 0.3 is 18.0 Å². The standard InChI is InChI=1S/C27H27N3O11/c1-4-13-39-26(34)22(28-27(35)41-14-17-9-11-18(12-10-17)30(36)37)16(2)40-15-21(25(33)38-3)29-23(31)19-7-5-6-8-20(19)24(29)32/h4-12,16,21-22H,1,13-15H2,2-3H3,(H,28,35)/t16-,21+,22+/m1/s1. The molecule has 0 aliphatic carbocycles. The van der Waals surface area contributed by atoms with Crippen LogP contribution in [0, 0.1) is 10.1 Å². The van der Waals surface area contributed by atoms with E-state index in [9.17, 15) is 34.1 Å². The summed E-state index contributed by atoms with van der Waals surface area (Å²) in [5, 5.41) is 13.1. The molecular weight excluding hydrogens is 542 g/mol. The average molecular weight is 570 g/mol. The van der Waals surface area contributed by atoms with Crippen LogP contribution < -0.4 is 5.32 Å². The molecule has 1 N–H and O–H groups in total. The van der Waals surface area contributed by atoms with Gasteiger partial charge in [0.1, 0.15) is 13.2 Å². The van der Waals surface area contributed by atoms with Gasteiger partial charge < -0.3 is 24.3 Å². The summed E-state index contributed by atoms with van der Waals surface area (Å²) in [7, 11) is 1.08.